The van der Waals surface area contributed by atoms with Gasteiger partial charge in [-0.15, -0.1) is 0 Å². The average Bonchev–Trinajstić information content (AvgIpc) is 2.39. The number of hydrogen-bond donors (Lipinski definition) is 2. The monoisotopic (exact) mass is 292 g/mol. The van der Waals surface area contributed by atoms with Crippen molar-refractivity contribution in [3.8, 4) is 0 Å². The molecule has 3 N–H and O–H groups in total. The van der Waals surface area contributed by atoms with Gasteiger partial charge in [-0.2, -0.15) is 0 Å². The van der Waals surface area contributed by atoms with Crippen LogP contribution in [0.3, 0.4) is 0 Å². The van der Waals surface area contributed by atoms with E-state index in [4.69, 9.17) is 5.73 Å². The molecule has 1 heterocycles. The third kappa shape index (κ3) is 3.01. The minimum absolute atomic E-state index is 0.0439. The van der Waals surface area contributed by atoms with E-state index in [0.29, 0.717) is 6.54 Å². The molecule has 1 atom stereocenters. The lowest BCUT2D eigenvalue weighted by molar-refractivity contribution is 0.782. The molecule has 0 amide bonds. The molecule has 0 aliphatic heterocycles. The van der Waals surface area contributed by atoms with Crippen molar-refractivity contribution in [1.82, 2.24) is 9.97 Å². The Morgan fingerprint density at radius 1 is 1.29 bits per heavy atom. The second-order valence-corrected chi connectivity index (χ2v) is 4.42. The van der Waals surface area contributed by atoms with Crippen LogP contribution in [0.4, 0.5) is 5.82 Å². The highest BCUT2D eigenvalue weighted by atomic mass is 79.9. The highest BCUT2D eigenvalue weighted by molar-refractivity contribution is 9.10. The van der Waals surface area contributed by atoms with Gasteiger partial charge >= 0.3 is 0 Å². The van der Waals surface area contributed by atoms with Gasteiger partial charge in [-0.3, -0.25) is 0 Å². The van der Waals surface area contributed by atoms with Crippen molar-refractivity contribution in [2.75, 3.05) is 11.9 Å². The second kappa shape index (κ2) is 5.75. The fourth-order valence-corrected chi connectivity index (χ4v) is 1.88. The van der Waals surface area contributed by atoms with Gasteiger partial charge in [0.15, 0.2) is 0 Å². The third-order valence-corrected chi connectivity index (χ3v) is 3.00. The molecule has 4 nitrogen and oxygen atoms in total. The van der Waals surface area contributed by atoms with Gasteiger partial charge in [0.2, 0.25) is 0 Å². The summed E-state index contributed by atoms with van der Waals surface area (Å²) in [5, 5.41) is 3.29. The fourth-order valence-electron chi connectivity index (χ4n) is 1.55. The van der Waals surface area contributed by atoms with Gasteiger partial charge in [-0.05, 0) is 21.5 Å². The Bertz CT molecular complexity index is 475. The summed E-state index contributed by atoms with van der Waals surface area (Å²) in [7, 11) is 0. The number of anilines is 1. The van der Waals surface area contributed by atoms with Crippen LogP contribution in [0.15, 0.2) is 47.3 Å². The van der Waals surface area contributed by atoms with Gasteiger partial charge in [0, 0.05) is 12.7 Å². The van der Waals surface area contributed by atoms with E-state index in [1.165, 1.54) is 6.33 Å². The Hall–Kier alpha value is -1.46. The average molecular weight is 293 g/mol. The molecule has 0 aliphatic rings. The van der Waals surface area contributed by atoms with Crippen LogP contribution in [-0.4, -0.2) is 16.5 Å². The molecule has 0 radical (unpaired) electrons. The summed E-state index contributed by atoms with van der Waals surface area (Å²) >= 11 is 3.40. The van der Waals surface area contributed by atoms with Gasteiger partial charge in [-0.25, -0.2) is 9.97 Å². The molecular weight excluding hydrogens is 280 g/mol. The highest BCUT2D eigenvalue weighted by Gasteiger charge is 2.11. The van der Waals surface area contributed by atoms with Crippen LogP contribution in [0.2, 0.25) is 0 Å². The van der Waals surface area contributed by atoms with Gasteiger partial charge in [0.25, 0.3) is 0 Å². The first-order chi connectivity index (χ1) is 8.31. The SMILES string of the molecule is NCC(Nc1ncncc1Br)c1ccccc1. The van der Waals surface area contributed by atoms with Crippen molar-refractivity contribution in [2.45, 2.75) is 6.04 Å². The zero-order valence-electron chi connectivity index (χ0n) is 9.18. The van der Waals surface area contributed by atoms with E-state index in [0.717, 1.165) is 15.9 Å². The second-order valence-electron chi connectivity index (χ2n) is 3.56. The van der Waals surface area contributed by atoms with E-state index in [-0.39, 0.29) is 6.04 Å². The Labute approximate surface area is 108 Å². The molecule has 1 aromatic heterocycles. The standard InChI is InChI=1S/C12H13BrN4/c13-10-7-15-8-16-12(10)17-11(6-14)9-4-2-1-3-5-9/h1-5,7-8,11H,6,14H2,(H,15,16,17). The number of rotatable bonds is 4. The predicted molar refractivity (Wildman–Crippen MR) is 71.6 cm³/mol. The maximum Gasteiger partial charge on any atom is 0.144 e. The highest BCUT2D eigenvalue weighted by Crippen LogP contribution is 2.22. The molecule has 0 bridgehead atoms. The molecule has 0 aliphatic carbocycles. The summed E-state index contributed by atoms with van der Waals surface area (Å²) in [4.78, 5) is 8.09. The van der Waals surface area contributed by atoms with Crippen molar-refractivity contribution in [2.24, 2.45) is 5.73 Å². The molecule has 0 saturated carbocycles. The van der Waals surface area contributed by atoms with Crippen LogP contribution < -0.4 is 11.1 Å². The van der Waals surface area contributed by atoms with Crippen LogP contribution in [0.25, 0.3) is 0 Å². The Morgan fingerprint density at radius 2 is 2.06 bits per heavy atom. The smallest absolute Gasteiger partial charge is 0.144 e. The zero-order chi connectivity index (χ0) is 12.1. The lowest BCUT2D eigenvalue weighted by atomic mass is 10.1. The van der Waals surface area contributed by atoms with Gasteiger partial charge in [0.05, 0.1) is 10.5 Å². The summed E-state index contributed by atoms with van der Waals surface area (Å²) in [5.74, 6) is 0.749. The van der Waals surface area contributed by atoms with E-state index in [1.54, 1.807) is 6.20 Å². The van der Waals surface area contributed by atoms with Crippen molar-refractivity contribution < 1.29 is 0 Å². The first kappa shape index (κ1) is 12.0. The number of hydrogen-bond acceptors (Lipinski definition) is 4. The van der Waals surface area contributed by atoms with Gasteiger partial charge in [-0.1, -0.05) is 30.3 Å². The van der Waals surface area contributed by atoms with Gasteiger partial charge in [0.1, 0.15) is 12.1 Å². The largest absolute Gasteiger partial charge is 0.361 e. The molecule has 2 rings (SSSR count). The number of benzene rings is 1. The quantitative estimate of drug-likeness (QED) is 0.908. The topological polar surface area (TPSA) is 63.8 Å². The molecule has 0 fully saturated rings. The lowest BCUT2D eigenvalue weighted by Crippen LogP contribution is -2.21. The minimum atomic E-state index is 0.0439. The first-order valence-corrected chi connectivity index (χ1v) is 6.07. The van der Waals surface area contributed by atoms with E-state index in [2.05, 4.69) is 31.2 Å². The number of nitrogens with two attached hydrogens (primary N) is 1. The normalized spacial score (nSPS) is 12.1. The van der Waals surface area contributed by atoms with Crippen LogP contribution >= 0.6 is 15.9 Å². The predicted octanol–water partition coefficient (Wildman–Crippen LogP) is 2.35. The number of nitrogens with zero attached hydrogens (tertiary/aromatic N) is 2. The van der Waals surface area contributed by atoms with Crippen LogP contribution in [0, 0.1) is 0 Å². The first-order valence-electron chi connectivity index (χ1n) is 5.28. The van der Waals surface area contributed by atoms with E-state index in [1.807, 2.05) is 30.3 Å². The molecule has 1 aromatic carbocycles. The van der Waals surface area contributed by atoms with Crippen molar-refractivity contribution >= 4 is 21.7 Å². The molecule has 1 unspecified atom stereocenters. The van der Waals surface area contributed by atoms with Crippen LogP contribution in [-0.2, 0) is 0 Å². The van der Waals surface area contributed by atoms with E-state index >= 15 is 0 Å². The zero-order valence-corrected chi connectivity index (χ0v) is 10.8. The van der Waals surface area contributed by atoms with Crippen LogP contribution in [0.5, 0.6) is 0 Å². The number of aromatic nitrogens is 2. The summed E-state index contributed by atoms with van der Waals surface area (Å²) in [5.41, 5.74) is 6.92. The Morgan fingerprint density at radius 3 is 2.71 bits per heavy atom. The van der Waals surface area contributed by atoms with Crippen molar-refractivity contribution in [3.05, 3.63) is 52.9 Å². The molecular formula is C12H13BrN4. The molecule has 88 valence electrons. The lowest BCUT2D eigenvalue weighted by Gasteiger charge is -2.18. The maximum atomic E-state index is 5.78. The maximum absolute atomic E-state index is 5.78. The van der Waals surface area contributed by atoms with Gasteiger partial charge < -0.3 is 11.1 Å². The molecule has 5 heteroatoms. The van der Waals surface area contributed by atoms with Crippen molar-refractivity contribution in [1.29, 1.82) is 0 Å². The third-order valence-electron chi connectivity index (χ3n) is 2.42. The van der Waals surface area contributed by atoms with Crippen molar-refractivity contribution in [3.63, 3.8) is 0 Å². The summed E-state index contributed by atoms with van der Waals surface area (Å²) in [6.07, 6.45) is 3.21. The summed E-state index contributed by atoms with van der Waals surface area (Å²) < 4.78 is 0.828. The van der Waals surface area contributed by atoms with Crippen LogP contribution in [0.1, 0.15) is 11.6 Å². The molecule has 17 heavy (non-hydrogen) atoms. The van der Waals surface area contributed by atoms with E-state index < -0.39 is 0 Å². The number of nitrogens with one attached hydrogen (secondary N) is 1. The van der Waals surface area contributed by atoms with E-state index in [9.17, 15) is 0 Å². The molecule has 0 spiro atoms. The fraction of sp³-hybridized carbons (Fsp3) is 0.167. The Kier molecular flexibility index (Phi) is 4.06. The minimum Gasteiger partial charge on any atom is -0.361 e. The molecule has 2 aromatic rings. The Balaban J connectivity index is 2.19. The summed E-state index contributed by atoms with van der Waals surface area (Å²) in [6, 6.07) is 10.1. The molecule has 0 saturated heterocycles. The number of halogens is 1. The summed E-state index contributed by atoms with van der Waals surface area (Å²) in [6.45, 7) is 0.500.